The van der Waals surface area contributed by atoms with Gasteiger partial charge in [0.1, 0.15) is 11.3 Å². The number of nitrogens with zero attached hydrogens (tertiary/aromatic N) is 2. The van der Waals surface area contributed by atoms with Gasteiger partial charge in [-0.3, -0.25) is 4.79 Å². The molecule has 2 aromatic heterocycles. The summed E-state index contributed by atoms with van der Waals surface area (Å²) in [5.41, 5.74) is 10.3. The van der Waals surface area contributed by atoms with Crippen molar-refractivity contribution >= 4 is 33.3 Å². The largest absolute Gasteiger partial charge is 0.395 e. The third-order valence-electron chi connectivity index (χ3n) is 4.16. The van der Waals surface area contributed by atoms with Crippen molar-refractivity contribution in [3.05, 3.63) is 52.8 Å². The Morgan fingerprint density at radius 3 is 2.62 bits per heavy atom. The SMILES string of the molecule is CN(C)c1ccc2[nH]c(-c3cc4ccccc4[nH]c3=O)nc2c1N. The molecule has 0 radical (unpaired) electrons. The van der Waals surface area contributed by atoms with Crippen LogP contribution in [0.25, 0.3) is 33.3 Å². The summed E-state index contributed by atoms with van der Waals surface area (Å²) in [6, 6.07) is 13.4. The first-order chi connectivity index (χ1) is 11.5. The summed E-state index contributed by atoms with van der Waals surface area (Å²) in [5, 5.41) is 0.953. The van der Waals surface area contributed by atoms with E-state index in [1.807, 2.05) is 61.5 Å². The van der Waals surface area contributed by atoms with Crippen LogP contribution in [0.4, 0.5) is 11.4 Å². The lowest BCUT2D eigenvalue weighted by atomic mass is 10.1. The van der Waals surface area contributed by atoms with Crippen molar-refractivity contribution in [1.82, 2.24) is 15.0 Å². The monoisotopic (exact) mass is 319 g/mol. The maximum Gasteiger partial charge on any atom is 0.259 e. The number of benzene rings is 2. The number of pyridine rings is 1. The average Bonchev–Trinajstić information content (AvgIpc) is 2.99. The van der Waals surface area contributed by atoms with Gasteiger partial charge in [0, 0.05) is 19.6 Å². The van der Waals surface area contributed by atoms with Crippen LogP contribution in [-0.4, -0.2) is 29.0 Å². The molecule has 4 rings (SSSR count). The smallest absolute Gasteiger partial charge is 0.259 e. The molecule has 0 atom stereocenters. The molecule has 2 heterocycles. The van der Waals surface area contributed by atoms with E-state index in [0.29, 0.717) is 22.6 Å². The van der Waals surface area contributed by atoms with Gasteiger partial charge in [-0.05, 0) is 29.7 Å². The molecule has 0 spiro atoms. The minimum absolute atomic E-state index is 0.181. The number of nitrogens with one attached hydrogen (secondary N) is 2. The Morgan fingerprint density at radius 1 is 1.04 bits per heavy atom. The molecule has 0 unspecified atom stereocenters. The summed E-state index contributed by atoms with van der Waals surface area (Å²) in [6.45, 7) is 0. The molecule has 120 valence electrons. The number of H-pyrrole nitrogens is 2. The fraction of sp³-hybridized carbons (Fsp3) is 0.111. The van der Waals surface area contributed by atoms with Crippen LogP contribution in [0.1, 0.15) is 0 Å². The highest BCUT2D eigenvalue weighted by atomic mass is 16.1. The van der Waals surface area contributed by atoms with Crippen LogP contribution >= 0.6 is 0 Å². The van der Waals surface area contributed by atoms with Gasteiger partial charge < -0.3 is 20.6 Å². The van der Waals surface area contributed by atoms with Crippen molar-refractivity contribution < 1.29 is 0 Å². The van der Waals surface area contributed by atoms with E-state index in [4.69, 9.17) is 5.73 Å². The molecule has 0 amide bonds. The van der Waals surface area contributed by atoms with E-state index in [1.165, 1.54) is 0 Å². The van der Waals surface area contributed by atoms with E-state index < -0.39 is 0 Å². The number of aromatic amines is 2. The summed E-state index contributed by atoms with van der Waals surface area (Å²) in [7, 11) is 3.86. The molecular formula is C18H17N5O. The second-order valence-corrected chi connectivity index (χ2v) is 5.97. The Labute approximate surface area is 137 Å². The Morgan fingerprint density at radius 2 is 1.83 bits per heavy atom. The maximum absolute atomic E-state index is 12.4. The molecule has 6 nitrogen and oxygen atoms in total. The van der Waals surface area contributed by atoms with Crippen LogP contribution in [0.5, 0.6) is 0 Å². The molecule has 0 fully saturated rings. The summed E-state index contributed by atoms with van der Waals surface area (Å²) in [5.74, 6) is 0.514. The Hall–Kier alpha value is -3.28. The Bertz CT molecular complexity index is 1120. The van der Waals surface area contributed by atoms with Gasteiger partial charge in [-0.15, -0.1) is 0 Å². The molecule has 0 aliphatic carbocycles. The predicted octanol–water partition coefficient (Wildman–Crippen LogP) is 2.72. The van der Waals surface area contributed by atoms with E-state index in [0.717, 1.165) is 22.1 Å². The fourth-order valence-corrected chi connectivity index (χ4v) is 2.93. The molecule has 0 aliphatic heterocycles. The number of aromatic nitrogens is 3. The molecule has 24 heavy (non-hydrogen) atoms. The van der Waals surface area contributed by atoms with Crippen molar-refractivity contribution in [2.24, 2.45) is 0 Å². The van der Waals surface area contributed by atoms with Gasteiger partial charge in [-0.25, -0.2) is 4.98 Å². The first kappa shape index (κ1) is 14.3. The van der Waals surface area contributed by atoms with Crippen LogP contribution < -0.4 is 16.2 Å². The molecule has 6 heteroatoms. The lowest BCUT2D eigenvalue weighted by Crippen LogP contribution is -2.11. The molecule has 0 saturated carbocycles. The summed E-state index contributed by atoms with van der Waals surface area (Å²) >= 11 is 0. The number of nitrogen functional groups attached to an aromatic ring is 1. The zero-order chi connectivity index (χ0) is 16.8. The highest BCUT2D eigenvalue weighted by molar-refractivity contribution is 5.96. The van der Waals surface area contributed by atoms with Crippen LogP contribution in [0.3, 0.4) is 0 Å². The minimum Gasteiger partial charge on any atom is -0.395 e. The van der Waals surface area contributed by atoms with Crippen molar-refractivity contribution in [2.75, 3.05) is 24.7 Å². The van der Waals surface area contributed by atoms with Crippen molar-refractivity contribution in [3.63, 3.8) is 0 Å². The number of para-hydroxylation sites is 1. The van der Waals surface area contributed by atoms with Crippen LogP contribution in [0.15, 0.2) is 47.3 Å². The normalized spacial score (nSPS) is 11.2. The van der Waals surface area contributed by atoms with Gasteiger partial charge >= 0.3 is 0 Å². The molecule has 2 aromatic carbocycles. The van der Waals surface area contributed by atoms with Crippen molar-refractivity contribution in [3.8, 4) is 11.4 Å². The minimum atomic E-state index is -0.181. The number of anilines is 2. The standard InChI is InChI=1S/C18H17N5O/c1-23(2)14-8-7-13-16(15(14)19)22-17(20-13)11-9-10-5-3-4-6-12(10)21-18(11)24/h3-9H,19H2,1-2H3,(H,20,22)(H,21,24). The molecular weight excluding hydrogens is 302 g/mol. The number of imidazole rings is 1. The molecule has 0 bridgehead atoms. The van der Waals surface area contributed by atoms with Gasteiger partial charge in [-0.2, -0.15) is 0 Å². The van der Waals surface area contributed by atoms with E-state index in [1.54, 1.807) is 0 Å². The zero-order valence-corrected chi connectivity index (χ0v) is 13.4. The lowest BCUT2D eigenvalue weighted by molar-refractivity contribution is 1.14. The number of hydrogen-bond donors (Lipinski definition) is 3. The lowest BCUT2D eigenvalue weighted by Gasteiger charge is -2.14. The third-order valence-corrected chi connectivity index (χ3v) is 4.16. The predicted molar refractivity (Wildman–Crippen MR) is 98.4 cm³/mol. The molecule has 0 saturated heterocycles. The summed E-state index contributed by atoms with van der Waals surface area (Å²) in [4.78, 5) is 25.0. The fourth-order valence-electron chi connectivity index (χ4n) is 2.93. The molecule has 4 aromatic rings. The van der Waals surface area contributed by atoms with Gasteiger partial charge in [0.05, 0.1) is 22.5 Å². The van der Waals surface area contributed by atoms with Crippen molar-refractivity contribution in [2.45, 2.75) is 0 Å². The van der Waals surface area contributed by atoms with Crippen LogP contribution in [0.2, 0.25) is 0 Å². The number of fused-ring (bicyclic) bond motifs is 2. The van der Waals surface area contributed by atoms with Gasteiger partial charge in [0.25, 0.3) is 5.56 Å². The second-order valence-electron chi connectivity index (χ2n) is 5.97. The third kappa shape index (κ3) is 2.11. The number of rotatable bonds is 2. The molecule has 0 aliphatic rings. The average molecular weight is 319 g/mol. The second kappa shape index (κ2) is 5.13. The van der Waals surface area contributed by atoms with Gasteiger partial charge in [0.15, 0.2) is 0 Å². The molecule has 4 N–H and O–H groups in total. The highest BCUT2D eigenvalue weighted by Gasteiger charge is 2.14. The summed E-state index contributed by atoms with van der Waals surface area (Å²) < 4.78 is 0. The van der Waals surface area contributed by atoms with Crippen LogP contribution in [-0.2, 0) is 0 Å². The van der Waals surface area contributed by atoms with Crippen molar-refractivity contribution in [1.29, 1.82) is 0 Å². The number of hydrogen-bond acceptors (Lipinski definition) is 4. The van der Waals surface area contributed by atoms with Gasteiger partial charge in [-0.1, -0.05) is 18.2 Å². The maximum atomic E-state index is 12.4. The van der Waals surface area contributed by atoms with Gasteiger partial charge in [0.2, 0.25) is 0 Å². The Balaban J connectivity index is 1.95. The zero-order valence-electron chi connectivity index (χ0n) is 13.4. The Kier molecular flexibility index (Phi) is 3.06. The van der Waals surface area contributed by atoms with E-state index in [-0.39, 0.29) is 5.56 Å². The van der Waals surface area contributed by atoms with Crippen LogP contribution in [0, 0.1) is 0 Å². The van der Waals surface area contributed by atoms with E-state index in [2.05, 4.69) is 15.0 Å². The first-order valence-electron chi connectivity index (χ1n) is 7.62. The van der Waals surface area contributed by atoms with E-state index in [9.17, 15) is 4.79 Å². The van der Waals surface area contributed by atoms with E-state index >= 15 is 0 Å². The first-order valence-corrected chi connectivity index (χ1v) is 7.62. The number of nitrogens with two attached hydrogens (primary N) is 1. The summed E-state index contributed by atoms with van der Waals surface area (Å²) in [6.07, 6.45) is 0. The highest BCUT2D eigenvalue weighted by Crippen LogP contribution is 2.30. The topological polar surface area (TPSA) is 90.8 Å². The quantitative estimate of drug-likeness (QED) is 0.495.